The molecular formula is C10H10F2N2O2. The molecule has 86 valence electrons. The van der Waals surface area contributed by atoms with Crippen molar-refractivity contribution in [2.75, 3.05) is 11.9 Å². The molecule has 1 aromatic rings. The molecule has 0 saturated carbocycles. The fraction of sp³-hybridized carbons (Fsp3) is 0.200. The van der Waals surface area contributed by atoms with Gasteiger partial charge in [-0.05, 0) is 19.1 Å². The quantitative estimate of drug-likeness (QED) is 0.632. The summed E-state index contributed by atoms with van der Waals surface area (Å²) < 4.78 is 25.6. The highest BCUT2D eigenvalue weighted by Gasteiger charge is 2.05. The Labute approximate surface area is 90.9 Å². The normalized spacial score (nSPS) is 10.4. The van der Waals surface area contributed by atoms with E-state index in [4.69, 9.17) is 0 Å². The lowest BCUT2D eigenvalue weighted by Gasteiger charge is -2.02. The Kier molecular flexibility index (Phi) is 4.38. The second-order valence-electron chi connectivity index (χ2n) is 2.77. The molecule has 0 aromatic heterocycles. The van der Waals surface area contributed by atoms with Crippen LogP contribution in [0.5, 0.6) is 0 Å². The van der Waals surface area contributed by atoms with E-state index in [1.165, 1.54) is 0 Å². The minimum Gasteiger partial charge on any atom is -0.396 e. The SMILES string of the molecule is CCO/N=C\C(=O)Nc1ccc(F)cc1F. The van der Waals surface area contributed by atoms with Crippen LogP contribution in [-0.2, 0) is 9.63 Å². The van der Waals surface area contributed by atoms with Crippen molar-refractivity contribution in [2.45, 2.75) is 6.92 Å². The number of hydrogen-bond donors (Lipinski definition) is 1. The molecule has 0 heterocycles. The number of carbonyl (C=O) groups excluding carboxylic acids is 1. The molecular weight excluding hydrogens is 218 g/mol. The molecule has 1 amide bonds. The molecule has 1 aromatic carbocycles. The number of benzene rings is 1. The third kappa shape index (κ3) is 3.64. The van der Waals surface area contributed by atoms with Gasteiger partial charge in [-0.1, -0.05) is 5.16 Å². The van der Waals surface area contributed by atoms with Gasteiger partial charge in [0.1, 0.15) is 24.5 Å². The van der Waals surface area contributed by atoms with Gasteiger partial charge in [-0.25, -0.2) is 8.78 Å². The largest absolute Gasteiger partial charge is 0.396 e. The monoisotopic (exact) mass is 228 g/mol. The van der Waals surface area contributed by atoms with Crippen LogP contribution in [0.4, 0.5) is 14.5 Å². The summed E-state index contributed by atoms with van der Waals surface area (Å²) in [6.45, 7) is 2.03. The van der Waals surface area contributed by atoms with Crippen LogP contribution < -0.4 is 5.32 Å². The van der Waals surface area contributed by atoms with E-state index in [1.54, 1.807) is 6.92 Å². The number of nitrogens with zero attached hydrogens (tertiary/aromatic N) is 1. The molecule has 1 N–H and O–H groups in total. The summed E-state index contributed by atoms with van der Waals surface area (Å²) in [6.07, 6.45) is 0.867. The first kappa shape index (κ1) is 12.1. The maximum absolute atomic E-state index is 13.1. The molecule has 4 nitrogen and oxygen atoms in total. The predicted molar refractivity (Wildman–Crippen MR) is 55.1 cm³/mol. The van der Waals surface area contributed by atoms with Crippen LogP contribution in [0.2, 0.25) is 0 Å². The van der Waals surface area contributed by atoms with E-state index >= 15 is 0 Å². The van der Waals surface area contributed by atoms with Crippen LogP contribution in [0.3, 0.4) is 0 Å². The van der Waals surface area contributed by atoms with Gasteiger partial charge in [-0.2, -0.15) is 0 Å². The molecule has 0 spiro atoms. The summed E-state index contributed by atoms with van der Waals surface area (Å²) in [4.78, 5) is 15.7. The molecule has 0 aliphatic heterocycles. The lowest BCUT2D eigenvalue weighted by molar-refractivity contribution is -0.110. The molecule has 0 atom stereocenters. The van der Waals surface area contributed by atoms with Gasteiger partial charge in [0.25, 0.3) is 5.91 Å². The standard InChI is InChI=1S/C10H10F2N2O2/c1-2-16-13-6-10(15)14-9-4-3-7(11)5-8(9)12/h3-6H,2H2,1H3,(H,14,15)/b13-6-. The summed E-state index contributed by atoms with van der Waals surface area (Å²) in [6, 6.07) is 2.84. The molecule has 6 heteroatoms. The zero-order valence-electron chi connectivity index (χ0n) is 8.54. The lowest BCUT2D eigenvalue weighted by Crippen LogP contribution is -2.14. The molecule has 0 aliphatic rings. The number of oxime groups is 1. The van der Waals surface area contributed by atoms with Gasteiger partial charge in [0, 0.05) is 6.07 Å². The van der Waals surface area contributed by atoms with E-state index in [9.17, 15) is 13.6 Å². The van der Waals surface area contributed by atoms with E-state index < -0.39 is 17.5 Å². The summed E-state index contributed by atoms with van der Waals surface area (Å²) in [5.41, 5.74) is -0.116. The fourth-order valence-electron chi connectivity index (χ4n) is 0.916. The maximum Gasteiger partial charge on any atom is 0.270 e. The molecule has 0 aliphatic carbocycles. The number of anilines is 1. The number of hydrogen-bond acceptors (Lipinski definition) is 3. The summed E-state index contributed by atoms with van der Waals surface area (Å²) >= 11 is 0. The minimum atomic E-state index is -0.849. The molecule has 1 rings (SSSR count). The average molecular weight is 228 g/mol. The highest BCUT2D eigenvalue weighted by molar-refractivity contribution is 6.31. The van der Waals surface area contributed by atoms with Crippen molar-refractivity contribution in [1.82, 2.24) is 0 Å². The number of carbonyl (C=O) groups is 1. The first-order valence-electron chi connectivity index (χ1n) is 4.55. The van der Waals surface area contributed by atoms with Crippen molar-refractivity contribution in [1.29, 1.82) is 0 Å². The van der Waals surface area contributed by atoms with Gasteiger partial charge in [-0.3, -0.25) is 4.79 Å². The first-order chi connectivity index (χ1) is 7.63. The van der Waals surface area contributed by atoms with Gasteiger partial charge < -0.3 is 10.2 Å². The molecule has 0 unspecified atom stereocenters. The molecule has 0 bridgehead atoms. The van der Waals surface area contributed by atoms with Gasteiger partial charge in [-0.15, -0.1) is 0 Å². The highest BCUT2D eigenvalue weighted by atomic mass is 19.1. The van der Waals surface area contributed by atoms with Crippen LogP contribution in [-0.4, -0.2) is 18.7 Å². The first-order valence-corrected chi connectivity index (χ1v) is 4.55. The Morgan fingerprint density at radius 2 is 2.31 bits per heavy atom. The van der Waals surface area contributed by atoms with Gasteiger partial charge in [0.15, 0.2) is 0 Å². The number of nitrogens with one attached hydrogen (secondary N) is 1. The van der Waals surface area contributed by atoms with Crippen LogP contribution >= 0.6 is 0 Å². The van der Waals surface area contributed by atoms with Gasteiger partial charge >= 0.3 is 0 Å². The zero-order chi connectivity index (χ0) is 12.0. The highest BCUT2D eigenvalue weighted by Crippen LogP contribution is 2.14. The third-order valence-corrected chi connectivity index (χ3v) is 1.56. The zero-order valence-corrected chi connectivity index (χ0v) is 8.54. The van der Waals surface area contributed by atoms with Crippen molar-refractivity contribution in [3.05, 3.63) is 29.8 Å². The summed E-state index contributed by atoms with van der Waals surface area (Å²) in [7, 11) is 0. The second-order valence-corrected chi connectivity index (χ2v) is 2.77. The van der Waals surface area contributed by atoms with Gasteiger partial charge in [0.2, 0.25) is 0 Å². The predicted octanol–water partition coefficient (Wildman–Crippen LogP) is 1.93. The van der Waals surface area contributed by atoms with Crippen LogP contribution in [0.15, 0.2) is 23.4 Å². The van der Waals surface area contributed by atoms with E-state index in [0.29, 0.717) is 12.7 Å². The van der Waals surface area contributed by atoms with Crippen molar-refractivity contribution in [3.8, 4) is 0 Å². The average Bonchev–Trinajstić information content (AvgIpc) is 2.23. The Morgan fingerprint density at radius 1 is 1.56 bits per heavy atom. The fourth-order valence-corrected chi connectivity index (χ4v) is 0.916. The Balaban J connectivity index is 2.63. The van der Waals surface area contributed by atoms with E-state index in [0.717, 1.165) is 18.3 Å². The number of halogens is 2. The van der Waals surface area contributed by atoms with Crippen LogP contribution in [0.25, 0.3) is 0 Å². The van der Waals surface area contributed by atoms with Crippen LogP contribution in [0, 0.1) is 11.6 Å². The van der Waals surface area contributed by atoms with Gasteiger partial charge in [0.05, 0.1) is 5.69 Å². The van der Waals surface area contributed by atoms with Crippen LogP contribution in [0.1, 0.15) is 6.92 Å². The Morgan fingerprint density at radius 3 is 2.94 bits per heavy atom. The maximum atomic E-state index is 13.1. The Hall–Kier alpha value is -1.98. The minimum absolute atomic E-state index is 0.116. The lowest BCUT2D eigenvalue weighted by atomic mass is 10.3. The molecule has 16 heavy (non-hydrogen) atoms. The second kappa shape index (κ2) is 5.79. The van der Waals surface area contributed by atoms with Crippen molar-refractivity contribution >= 4 is 17.8 Å². The third-order valence-electron chi connectivity index (χ3n) is 1.56. The molecule has 0 fully saturated rings. The van der Waals surface area contributed by atoms with Crippen molar-refractivity contribution in [3.63, 3.8) is 0 Å². The number of rotatable bonds is 4. The van der Waals surface area contributed by atoms with Crippen molar-refractivity contribution in [2.24, 2.45) is 5.16 Å². The topological polar surface area (TPSA) is 50.7 Å². The smallest absolute Gasteiger partial charge is 0.270 e. The summed E-state index contributed by atoms with van der Waals surface area (Å²) in [5.74, 6) is -2.21. The number of amides is 1. The summed E-state index contributed by atoms with van der Waals surface area (Å²) in [5, 5.41) is 5.49. The molecule has 0 saturated heterocycles. The molecule has 0 radical (unpaired) electrons. The van der Waals surface area contributed by atoms with E-state index in [1.807, 2.05) is 0 Å². The van der Waals surface area contributed by atoms with Crippen molar-refractivity contribution < 1.29 is 18.4 Å². The van der Waals surface area contributed by atoms with E-state index in [-0.39, 0.29) is 5.69 Å². The van der Waals surface area contributed by atoms with E-state index in [2.05, 4.69) is 15.3 Å². The Bertz CT molecular complexity index is 408.